The van der Waals surface area contributed by atoms with Gasteiger partial charge in [0.15, 0.2) is 0 Å². The summed E-state index contributed by atoms with van der Waals surface area (Å²) in [6.07, 6.45) is -0.784. The Balaban J connectivity index is 1.10. The molecule has 4 aromatic carbocycles. The van der Waals surface area contributed by atoms with E-state index in [4.69, 9.17) is 9.47 Å². The second kappa shape index (κ2) is 14.8. The quantitative estimate of drug-likeness (QED) is 0.141. The van der Waals surface area contributed by atoms with Crippen LogP contribution in [0.4, 0.5) is 15.3 Å². The number of carbonyl (C=O) groups is 3. The van der Waals surface area contributed by atoms with Gasteiger partial charge in [-0.05, 0) is 53.3 Å². The van der Waals surface area contributed by atoms with Crippen molar-refractivity contribution in [3.8, 4) is 11.1 Å². The molecule has 11 heteroatoms. The molecule has 48 heavy (non-hydrogen) atoms. The van der Waals surface area contributed by atoms with Crippen molar-refractivity contribution in [2.45, 2.75) is 37.5 Å². The number of hydrogen-bond donors (Lipinski definition) is 4. The molecule has 0 radical (unpaired) electrons. The van der Waals surface area contributed by atoms with Crippen LogP contribution in [0.25, 0.3) is 22.2 Å². The molecule has 4 N–H and O–H groups in total. The Morgan fingerprint density at radius 1 is 0.958 bits per heavy atom. The number of para-hydroxylation sites is 3. The van der Waals surface area contributed by atoms with Gasteiger partial charge in [-0.2, -0.15) is 0 Å². The summed E-state index contributed by atoms with van der Waals surface area (Å²) in [5.41, 5.74) is 6.08. The molecule has 0 saturated carbocycles. The Bertz CT molecular complexity index is 1840. The van der Waals surface area contributed by atoms with Crippen LogP contribution in [0.15, 0.2) is 103 Å². The van der Waals surface area contributed by atoms with Gasteiger partial charge in [0, 0.05) is 12.1 Å². The minimum atomic E-state index is -1.04. The first kappa shape index (κ1) is 32.3. The van der Waals surface area contributed by atoms with Crippen LogP contribution < -0.4 is 10.6 Å². The average Bonchev–Trinajstić information content (AvgIpc) is 3.56. The molecule has 2 heterocycles. The molecular formula is C37H37N5O6. The maximum absolute atomic E-state index is 13.6. The van der Waals surface area contributed by atoms with Crippen molar-refractivity contribution >= 4 is 34.8 Å². The number of methoxy groups -OCH3 is 1. The van der Waals surface area contributed by atoms with Crippen molar-refractivity contribution in [3.05, 3.63) is 120 Å². The van der Waals surface area contributed by atoms with E-state index in [9.17, 15) is 19.5 Å². The Kier molecular flexibility index (Phi) is 9.96. The molecule has 11 nitrogen and oxygen atoms in total. The Morgan fingerprint density at radius 3 is 2.42 bits per heavy atom. The molecule has 1 saturated heterocycles. The standard InChI is InChI=1S/C37H37N5O6/c1-47-36(44)41-32(21-24-15-17-26(18-16-24)25-9-3-2-4-10-25)35(43)40-29-12-6-5-11-27(29)19-20-28-22-42(37(45)46)33(23-48-28)34-38-30-13-7-8-14-31(30)39-34/h2-18,28,32-33H,19-23H2,1H3,(H,38,39)(H,40,43)(H,41,44)(H,45,46)/t28-,32?,33+/m1/s1. The number of H-pyrrole nitrogens is 1. The van der Waals surface area contributed by atoms with E-state index in [1.807, 2.05) is 97.1 Å². The maximum atomic E-state index is 13.6. The fourth-order valence-electron chi connectivity index (χ4n) is 5.97. The highest BCUT2D eigenvalue weighted by molar-refractivity contribution is 5.97. The zero-order valence-electron chi connectivity index (χ0n) is 26.5. The van der Waals surface area contributed by atoms with Crippen molar-refractivity contribution in [2.24, 2.45) is 0 Å². The number of alkyl carbamates (subject to hydrolysis) is 1. The van der Waals surface area contributed by atoms with Crippen LogP contribution in [-0.4, -0.2) is 70.5 Å². The molecule has 0 spiro atoms. The zero-order chi connectivity index (χ0) is 33.5. The van der Waals surface area contributed by atoms with E-state index in [1.165, 1.54) is 12.0 Å². The summed E-state index contributed by atoms with van der Waals surface area (Å²) in [6.45, 7) is 0.349. The van der Waals surface area contributed by atoms with E-state index in [0.29, 0.717) is 24.4 Å². The van der Waals surface area contributed by atoms with Gasteiger partial charge < -0.3 is 30.2 Å². The third kappa shape index (κ3) is 7.64. The molecule has 3 amide bonds. The Labute approximate surface area is 277 Å². The molecule has 1 aliphatic heterocycles. The van der Waals surface area contributed by atoms with Crippen LogP contribution in [0.1, 0.15) is 29.4 Å². The maximum Gasteiger partial charge on any atom is 0.408 e. The number of amides is 3. The number of anilines is 1. The number of nitrogens with zero attached hydrogens (tertiary/aromatic N) is 2. The number of benzene rings is 4. The summed E-state index contributed by atoms with van der Waals surface area (Å²) in [4.78, 5) is 47.2. The number of fused-ring (bicyclic) bond motifs is 1. The van der Waals surface area contributed by atoms with Crippen LogP contribution in [-0.2, 0) is 27.1 Å². The topological polar surface area (TPSA) is 146 Å². The van der Waals surface area contributed by atoms with Gasteiger partial charge in [-0.1, -0.05) is 84.9 Å². The van der Waals surface area contributed by atoms with Gasteiger partial charge in [-0.3, -0.25) is 9.69 Å². The van der Waals surface area contributed by atoms with Crippen LogP contribution >= 0.6 is 0 Å². The molecule has 0 aliphatic carbocycles. The lowest BCUT2D eigenvalue weighted by Crippen LogP contribution is -2.47. The number of nitrogens with one attached hydrogen (secondary N) is 3. The lowest BCUT2D eigenvalue weighted by molar-refractivity contribution is -0.118. The number of carboxylic acid groups (broad SMARTS) is 1. The summed E-state index contributed by atoms with van der Waals surface area (Å²) >= 11 is 0. The lowest BCUT2D eigenvalue weighted by atomic mass is 10.00. The minimum absolute atomic E-state index is 0.169. The van der Waals surface area contributed by atoms with Gasteiger partial charge >= 0.3 is 12.2 Å². The molecule has 1 unspecified atom stereocenters. The van der Waals surface area contributed by atoms with Crippen molar-refractivity contribution in [3.63, 3.8) is 0 Å². The minimum Gasteiger partial charge on any atom is -0.465 e. The van der Waals surface area contributed by atoms with E-state index in [2.05, 4.69) is 20.6 Å². The molecule has 0 bridgehead atoms. The third-order valence-electron chi connectivity index (χ3n) is 8.54. The highest BCUT2D eigenvalue weighted by atomic mass is 16.5. The van der Waals surface area contributed by atoms with Crippen LogP contribution in [0.5, 0.6) is 0 Å². The molecule has 6 rings (SSSR count). The van der Waals surface area contributed by atoms with Gasteiger partial charge in [0.05, 0.1) is 37.4 Å². The normalized spacial score (nSPS) is 16.6. The van der Waals surface area contributed by atoms with E-state index in [-0.39, 0.29) is 31.6 Å². The van der Waals surface area contributed by atoms with Gasteiger partial charge in [0.1, 0.15) is 17.9 Å². The van der Waals surface area contributed by atoms with Crippen LogP contribution in [0.2, 0.25) is 0 Å². The number of rotatable bonds is 10. The number of aromatic amines is 1. The van der Waals surface area contributed by atoms with E-state index in [1.54, 1.807) is 6.07 Å². The SMILES string of the molecule is COC(=O)NC(Cc1ccc(-c2ccccc2)cc1)C(=O)Nc1ccccc1CC[C@@H]1CN(C(=O)O)[C@H](c2nc3ccccc3[nH]2)CO1. The highest BCUT2D eigenvalue weighted by Crippen LogP contribution is 2.29. The first-order chi connectivity index (χ1) is 23.4. The average molecular weight is 648 g/mol. The number of ether oxygens (including phenoxy) is 2. The van der Waals surface area contributed by atoms with Crippen molar-refractivity contribution in [1.82, 2.24) is 20.2 Å². The van der Waals surface area contributed by atoms with Gasteiger partial charge in [-0.15, -0.1) is 0 Å². The number of aromatic nitrogens is 2. The van der Waals surface area contributed by atoms with Crippen molar-refractivity contribution in [2.75, 3.05) is 25.6 Å². The third-order valence-corrected chi connectivity index (χ3v) is 8.54. The summed E-state index contributed by atoms with van der Waals surface area (Å²) in [7, 11) is 1.26. The van der Waals surface area contributed by atoms with E-state index < -0.39 is 24.3 Å². The van der Waals surface area contributed by atoms with E-state index >= 15 is 0 Å². The fraction of sp³-hybridized carbons (Fsp3) is 0.243. The number of hydrogen-bond acceptors (Lipinski definition) is 6. The van der Waals surface area contributed by atoms with Crippen molar-refractivity contribution in [1.29, 1.82) is 0 Å². The largest absolute Gasteiger partial charge is 0.465 e. The highest BCUT2D eigenvalue weighted by Gasteiger charge is 2.35. The number of carbonyl (C=O) groups excluding carboxylic acids is 2. The Morgan fingerprint density at radius 2 is 1.67 bits per heavy atom. The van der Waals surface area contributed by atoms with Gasteiger partial charge in [0.25, 0.3) is 0 Å². The number of aryl methyl sites for hydroxylation is 1. The molecule has 1 aromatic heterocycles. The summed E-state index contributed by atoms with van der Waals surface area (Å²) in [5.74, 6) is 0.159. The first-order valence-electron chi connectivity index (χ1n) is 15.8. The molecule has 246 valence electrons. The summed E-state index contributed by atoms with van der Waals surface area (Å²) < 4.78 is 11.0. The molecule has 3 atom stereocenters. The number of imidazole rings is 1. The Hall–Kier alpha value is -5.68. The predicted octanol–water partition coefficient (Wildman–Crippen LogP) is 6.19. The smallest absolute Gasteiger partial charge is 0.408 e. The first-order valence-corrected chi connectivity index (χ1v) is 15.8. The van der Waals surface area contributed by atoms with Crippen molar-refractivity contribution < 1.29 is 29.0 Å². The van der Waals surface area contributed by atoms with Gasteiger partial charge in [-0.25, -0.2) is 14.6 Å². The predicted molar refractivity (Wildman–Crippen MR) is 182 cm³/mol. The summed E-state index contributed by atoms with van der Waals surface area (Å²) in [5, 5.41) is 15.7. The second-order valence-corrected chi connectivity index (χ2v) is 11.7. The summed E-state index contributed by atoms with van der Waals surface area (Å²) in [6, 6.07) is 31.4. The monoisotopic (exact) mass is 647 g/mol. The number of morpholine rings is 1. The fourth-order valence-corrected chi connectivity index (χ4v) is 5.97. The second-order valence-electron chi connectivity index (χ2n) is 11.7. The van der Waals surface area contributed by atoms with Gasteiger partial charge in [0.2, 0.25) is 5.91 Å². The zero-order valence-corrected chi connectivity index (χ0v) is 26.5. The molecular weight excluding hydrogens is 610 g/mol. The lowest BCUT2D eigenvalue weighted by Gasteiger charge is -2.37. The molecule has 1 fully saturated rings. The van der Waals surface area contributed by atoms with E-state index in [0.717, 1.165) is 33.3 Å². The van der Waals surface area contributed by atoms with Crippen LogP contribution in [0.3, 0.4) is 0 Å². The van der Waals surface area contributed by atoms with Crippen LogP contribution in [0, 0.1) is 0 Å². The molecule has 5 aromatic rings. The molecule has 1 aliphatic rings.